The summed E-state index contributed by atoms with van der Waals surface area (Å²) in [7, 11) is 0. The maximum absolute atomic E-state index is 11.9. The molecule has 0 aromatic heterocycles. The van der Waals surface area contributed by atoms with E-state index in [0.717, 1.165) is 44.1 Å². The number of rotatable bonds is 11. The van der Waals surface area contributed by atoms with Gasteiger partial charge in [0.25, 0.3) is 0 Å². The Bertz CT molecular complexity index is 563. The van der Waals surface area contributed by atoms with Crippen molar-refractivity contribution < 1.29 is 19.8 Å². The minimum Gasteiger partial charge on any atom is -0.478 e. The van der Waals surface area contributed by atoms with Crippen LogP contribution in [0.3, 0.4) is 0 Å². The number of carboxylic acid groups (broad SMARTS) is 2. The molecule has 1 unspecified atom stereocenters. The molecule has 0 aliphatic rings. The second-order valence-electron chi connectivity index (χ2n) is 6.46. The van der Waals surface area contributed by atoms with E-state index in [2.05, 4.69) is 13.8 Å². The van der Waals surface area contributed by atoms with Crippen LogP contribution in [0.5, 0.6) is 0 Å². The van der Waals surface area contributed by atoms with Crippen molar-refractivity contribution in [3.8, 4) is 0 Å². The summed E-state index contributed by atoms with van der Waals surface area (Å²) >= 11 is 0. The fourth-order valence-electron chi connectivity index (χ4n) is 3.20. The molecule has 24 heavy (non-hydrogen) atoms. The lowest BCUT2D eigenvalue weighted by molar-refractivity contribution is 0.0694. The highest BCUT2D eigenvalue weighted by atomic mass is 16.4. The van der Waals surface area contributed by atoms with Gasteiger partial charge in [-0.1, -0.05) is 58.9 Å². The Balaban J connectivity index is 3.28. The molecule has 1 aromatic carbocycles. The second kappa shape index (κ2) is 10.1. The fraction of sp³-hybridized carbons (Fsp3) is 0.600. The van der Waals surface area contributed by atoms with E-state index < -0.39 is 11.9 Å². The SMILES string of the molecule is CCCCc1c(C(=O)O)ccc(CC(CC)CCCC)c1C(=O)O. The van der Waals surface area contributed by atoms with Crippen molar-refractivity contribution in [2.75, 3.05) is 0 Å². The number of carboxylic acids is 2. The van der Waals surface area contributed by atoms with Crippen LogP contribution >= 0.6 is 0 Å². The highest BCUT2D eigenvalue weighted by molar-refractivity contribution is 5.97. The third-order valence-corrected chi connectivity index (χ3v) is 4.68. The molecule has 0 aliphatic carbocycles. The Morgan fingerprint density at radius 2 is 1.67 bits per heavy atom. The normalized spacial score (nSPS) is 12.1. The van der Waals surface area contributed by atoms with E-state index in [0.29, 0.717) is 24.3 Å². The van der Waals surface area contributed by atoms with Gasteiger partial charge in [0.15, 0.2) is 0 Å². The summed E-state index contributed by atoms with van der Waals surface area (Å²) in [5.74, 6) is -1.62. The molecule has 0 amide bonds. The molecule has 0 saturated carbocycles. The van der Waals surface area contributed by atoms with E-state index in [1.807, 2.05) is 6.92 Å². The summed E-state index contributed by atoms with van der Waals surface area (Å²) in [6.45, 7) is 6.30. The first-order chi connectivity index (χ1) is 11.5. The Labute approximate surface area is 144 Å². The number of hydrogen-bond donors (Lipinski definition) is 2. The molecule has 0 heterocycles. The summed E-state index contributed by atoms with van der Waals surface area (Å²) in [5, 5.41) is 19.1. The zero-order chi connectivity index (χ0) is 18.1. The highest BCUT2D eigenvalue weighted by Crippen LogP contribution is 2.27. The van der Waals surface area contributed by atoms with Crippen LogP contribution in [0.2, 0.25) is 0 Å². The van der Waals surface area contributed by atoms with Crippen molar-refractivity contribution >= 4 is 11.9 Å². The van der Waals surface area contributed by atoms with Crippen LogP contribution in [-0.4, -0.2) is 22.2 Å². The Hall–Kier alpha value is -1.84. The van der Waals surface area contributed by atoms with Gasteiger partial charge in [-0.15, -0.1) is 0 Å². The molecular weight excluding hydrogens is 304 g/mol. The largest absolute Gasteiger partial charge is 0.478 e. The lowest BCUT2D eigenvalue weighted by Crippen LogP contribution is -2.15. The summed E-state index contributed by atoms with van der Waals surface area (Å²) in [6, 6.07) is 3.29. The molecule has 0 spiro atoms. The van der Waals surface area contributed by atoms with E-state index in [-0.39, 0.29) is 11.1 Å². The van der Waals surface area contributed by atoms with Crippen LogP contribution in [0.1, 0.15) is 91.1 Å². The second-order valence-corrected chi connectivity index (χ2v) is 6.46. The van der Waals surface area contributed by atoms with E-state index >= 15 is 0 Å². The Morgan fingerprint density at radius 1 is 1.00 bits per heavy atom. The van der Waals surface area contributed by atoms with Crippen LogP contribution in [-0.2, 0) is 12.8 Å². The monoisotopic (exact) mass is 334 g/mol. The molecule has 1 atom stereocenters. The van der Waals surface area contributed by atoms with Crippen LogP contribution < -0.4 is 0 Å². The van der Waals surface area contributed by atoms with Gasteiger partial charge in [-0.25, -0.2) is 9.59 Å². The number of benzene rings is 1. The van der Waals surface area contributed by atoms with E-state index in [1.165, 1.54) is 0 Å². The predicted octanol–water partition coefficient (Wildman–Crippen LogP) is 5.18. The van der Waals surface area contributed by atoms with Crippen LogP contribution in [0.15, 0.2) is 12.1 Å². The first-order valence-electron chi connectivity index (χ1n) is 9.07. The topological polar surface area (TPSA) is 74.6 Å². The van der Waals surface area contributed by atoms with Crippen molar-refractivity contribution in [2.24, 2.45) is 5.92 Å². The molecule has 1 aromatic rings. The number of unbranched alkanes of at least 4 members (excludes halogenated alkanes) is 2. The lowest BCUT2D eigenvalue weighted by Gasteiger charge is -2.19. The molecule has 4 heteroatoms. The lowest BCUT2D eigenvalue weighted by atomic mass is 9.85. The average molecular weight is 334 g/mol. The first kappa shape index (κ1) is 20.2. The number of aromatic carboxylic acids is 2. The van der Waals surface area contributed by atoms with Gasteiger partial charge in [-0.3, -0.25) is 0 Å². The molecule has 0 saturated heterocycles. The van der Waals surface area contributed by atoms with Gasteiger partial charge < -0.3 is 10.2 Å². The minimum atomic E-state index is -1.05. The van der Waals surface area contributed by atoms with Gasteiger partial charge in [0.05, 0.1) is 11.1 Å². The van der Waals surface area contributed by atoms with Crippen LogP contribution in [0.4, 0.5) is 0 Å². The molecule has 134 valence electrons. The van der Waals surface area contributed by atoms with Gasteiger partial charge in [0, 0.05) is 0 Å². The molecule has 0 aliphatic heterocycles. The standard InChI is InChI=1S/C20H30O4/c1-4-7-9-14(6-3)13-15-11-12-17(19(21)22)16(10-8-5-2)18(15)20(23)24/h11-12,14H,4-10,13H2,1-3H3,(H,21,22)(H,23,24). The third kappa shape index (κ3) is 5.36. The number of hydrogen-bond acceptors (Lipinski definition) is 2. The minimum absolute atomic E-state index is 0.131. The summed E-state index contributed by atoms with van der Waals surface area (Å²) in [5.41, 5.74) is 1.62. The van der Waals surface area contributed by atoms with Gasteiger partial charge in [-0.2, -0.15) is 0 Å². The molecule has 2 N–H and O–H groups in total. The van der Waals surface area contributed by atoms with Gasteiger partial charge in [0.1, 0.15) is 0 Å². The molecule has 4 nitrogen and oxygen atoms in total. The summed E-state index contributed by atoms with van der Waals surface area (Å²) in [4.78, 5) is 23.4. The van der Waals surface area contributed by atoms with E-state index in [4.69, 9.17) is 0 Å². The molecule has 1 rings (SSSR count). The van der Waals surface area contributed by atoms with Crippen molar-refractivity contribution in [3.63, 3.8) is 0 Å². The van der Waals surface area contributed by atoms with Gasteiger partial charge >= 0.3 is 11.9 Å². The Kier molecular flexibility index (Phi) is 8.51. The van der Waals surface area contributed by atoms with Crippen molar-refractivity contribution in [1.29, 1.82) is 0 Å². The van der Waals surface area contributed by atoms with E-state index in [9.17, 15) is 19.8 Å². The van der Waals surface area contributed by atoms with Gasteiger partial charge in [-0.05, 0) is 42.4 Å². The third-order valence-electron chi connectivity index (χ3n) is 4.68. The quantitative estimate of drug-likeness (QED) is 0.584. The van der Waals surface area contributed by atoms with Crippen molar-refractivity contribution in [2.45, 2.75) is 72.1 Å². The number of carbonyl (C=O) groups is 2. The average Bonchev–Trinajstić information content (AvgIpc) is 2.55. The molecular formula is C20H30O4. The smallest absolute Gasteiger partial charge is 0.336 e. The van der Waals surface area contributed by atoms with Gasteiger partial charge in [0.2, 0.25) is 0 Å². The first-order valence-corrected chi connectivity index (χ1v) is 9.07. The fourth-order valence-corrected chi connectivity index (χ4v) is 3.20. The van der Waals surface area contributed by atoms with Crippen molar-refractivity contribution in [1.82, 2.24) is 0 Å². The molecule has 0 bridgehead atoms. The maximum Gasteiger partial charge on any atom is 0.336 e. The highest BCUT2D eigenvalue weighted by Gasteiger charge is 2.23. The summed E-state index contributed by atoms with van der Waals surface area (Å²) in [6.07, 6.45) is 7.24. The van der Waals surface area contributed by atoms with Crippen LogP contribution in [0.25, 0.3) is 0 Å². The summed E-state index contributed by atoms with van der Waals surface area (Å²) < 4.78 is 0. The van der Waals surface area contributed by atoms with Crippen molar-refractivity contribution in [3.05, 3.63) is 34.4 Å². The zero-order valence-corrected chi connectivity index (χ0v) is 15.1. The Morgan fingerprint density at radius 3 is 2.17 bits per heavy atom. The van der Waals surface area contributed by atoms with E-state index in [1.54, 1.807) is 12.1 Å². The molecule has 0 fully saturated rings. The maximum atomic E-state index is 11.9. The molecule has 0 radical (unpaired) electrons. The predicted molar refractivity (Wildman–Crippen MR) is 96.0 cm³/mol. The van der Waals surface area contributed by atoms with Crippen LogP contribution in [0, 0.1) is 5.92 Å². The zero-order valence-electron chi connectivity index (χ0n) is 15.1.